The maximum absolute atomic E-state index is 13.5. The molecule has 0 radical (unpaired) electrons. The fraction of sp³-hybridized carbons (Fsp3) is 0.643. The van der Waals surface area contributed by atoms with Crippen molar-refractivity contribution >= 4 is 27.3 Å². The van der Waals surface area contributed by atoms with Crippen LogP contribution in [-0.4, -0.2) is 72.8 Å². The Bertz CT molecular complexity index is 1140. The van der Waals surface area contributed by atoms with Crippen LogP contribution in [0.1, 0.15) is 70.2 Å². The Kier molecular flexibility index (Phi) is 11.6. The number of nitrogens with zero attached hydrogens (tertiary/aromatic N) is 3. The van der Waals surface area contributed by atoms with Crippen LogP contribution in [0.2, 0.25) is 0 Å². The van der Waals surface area contributed by atoms with E-state index in [1.54, 1.807) is 41.3 Å². The number of hydrogen-bond acceptors (Lipinski definition) is 7. The number of amides is 1. The van der Waals surface area contributed by atoms with Crippen molar-refractivity contribution in [3.63, 3.8) is 0 Å². The van der Waals surface area contributed by atoms with Gasteiger partial charge in [0.15, 0.2) is 0 Å². The molecule has 4 N–H and O–H groups in total. The second kappa shape index (κ2) is 14.7. The zero-order chi connectivity index (χ0) is 28.4. The van der Waals surface area contributed by atoms with Crippen LogP contribution in [0.5, 0.6) is 0 Å². The first kappa shape index (κ1) is 30.9. The number of benzene rings is 1. The van der Waals surface area contributed by atoms with E-state index in [0.29, 0.717) is 55.5 Å². The van der Waals surface area contributed by atoms with Crippen LogP contribution in [0.25, 0.3) is 0 Å². The van der Waals surface area contributed by atoms with Crippen molar-refractivity contribution in [1.29, 1.82) is 0 Å². The molecule has 1 aromatic carbocycles. The van der Waals surface area contributed by atoms with E-state index in [1.807, 2.05) is 6.92 Å². The number of aromatic nitrogens is 2. The number of anilines is 2. The molecule has 11 heteroatoms. The van der Waals surface area contributed by atoms with E-state index in [4.69, 9.17) is 0 Å². The fourth-order valence-electron chi connectivity index (χ4n) is 4.80. The second-order valence-corrected chi connectivity index (χ2v) is 12.9. The normalized spacial score (nSPS) is 17.5. The van der Waals surface area contributed by atoms with Gasteiger partial charge in [0.1, 0.15) is 0 Å². The summed E-state index contributed by atoms with van der Waals surface area (Å²) in [5.41, 5.74) is 1.47. The summed E-state index contributed by atoms with van der Waals surface area (Å²) in [6.45, 7) is 10.1. The molecule has 3 atom stereocenters. The topological polar surface area (TPSA) is 129 Å². The number of sulfonamides is 1. The van der Waals surface area contributed by atoms with Crippen molar-refractivity contribution in [2.24, 2.45) is 5.92 Å². The van der Waals surface area contributed by atoms with Crippen LogP contribution >= 0.6 is 0 Å². The van der Waals surface area contributed by atoms with Gasteiger partial charge in [-0.05, 0) is 63.3 Å². The van der Waals surface area contributed by atoms with E-state index in [1.165, 1.54) is 10.7 Å². The third kappa shape index (κ3) is 9.51. The zero-order valence-electron chi connectivity index (χ0n) is 23.8. The third-order valence-electron chi connectivity index (χ3n) is 7.02. The molecule has 1 saturated heterocycles. The van der Waals surface area contributed by atoms with Gasteiger partial charge in [0.25, 0.3) is 5.91 Å². The molecule has 2 heterocycles. The van der Waals surface area contributed by atoms with E-state index in [-0.39, 0.29) is 17.7 Å². The lowest BCUT2D eigenvalue weighted by Gasteiger charge is -2.29. The van der Waals surface area contributed by atoms with Crippen LogP contribution < -0.4 is 20.3 Å². The van der Waals surface area contributed by atoms with Crippen molar-refractivity contribution < 1.29 is 18.3 Å². The molecule has 0 saturated carbocycles. The summed E-state index contributed by atoms with van der Waals surface area (Å²) in [6, 6.07) is 6.52. The summed E-state index contributed by atoms with van der Waals surface area (Å²) < 4.78 is 28.6. The fourth-order valence-corrected chi connectivity index (χ4v) is 6.42. The molecule has 1 aliphatic heterocycles. The number of carbonyl (C=O) groups excluding carboxylic acids is 1. The summed E-state index contributed by atoms with van der Waals surface area (Å²) in [5.74, 6) is 0.380. The van der Waals surface area contributed by atoms with Gasteiger partial charge >= 0.3 is 0 Å². The Morgan fingerprint density at radius 1 is 1.15 bits per heavy atom. The molecule has 1 aliphatic rings. The van der Waals surface area contributed by atoms with E-state index in [0.717, 1.165) is 19.3 Å². The summed E-state index contributed by atoms with van der Waals surface area (Å²) in [4.78, 5) is 13.5. The van der Waals surface area contributed by atoms with Gasteiger partial charge in [-0.25, -0.2) is 8.42 Å². The molecule has 39 heavy (non-hydrogen) atoms. The van der Waals surface area contributed by atoms with Gasteiger partial charge in [0.2, 0.25) is 10.0 Å². The lowest BCUT2D eigenvalue weighted by Crippen LogP contribution is -2.50. The minimum absolute atomic E-state index is 0.0982. The largest absolute Gasteiger partial charge is 0.390 e. The Labute approximate surface area is 233 Å². The number of nitrogens with one attached hydrogen (secondary N) is 3. The number of aliphatic hydroxyl groups excluding tert-OH is 1. The maximum Gasteiger partial charge on any atom is 0.251 e. The summed E-state index contributed by atoms with van der Waals surface area (Å²) in [7, 11) is -3.43. The van der Waals surface area contributed by atoms with Crippen LogP contribution in [0, 0.1) is 5.92 Å². The average Bonchev–Trinajstić information content (AvgIpc) is 3.39. The monoisotopic (exact) mass is 562 g/mol. The predicted octanol–water partition coefficient (Wildman–Crippen LogP) is 3.21. The summed E-state index contributed by atoms with van der Waals surface area (Å²) in [6.07, 6.45) is 7.30. The second-order valence-electron chi connectivity index (χ2n) is 10.9. The number of hydrogen-bond donors (Lipinski definition) is 4. The summed E-state index contributed by atoms with van der Waals surface area (Å²) >= 11 is 0. The molecule has 1 fully saturated rings. The van der Waals surface area contributed by atoms with Crippen molar-refractivity contribution in [3.8, 4) is 0 Å². The third-order valence-corrected chi connectivity index (χ3v) is 8.89. The lowest BCUT2D eigenvalue weighted by molar-refractivity contribution is 0.0794. The molecule has 0 spiro atoms. The minimum atomic E-state index is -3.43. The molecular formula is C28H46N6O4S. The van der Waals surface area contributed by atoms with Crippen molar-refractivity contribution in [1.82, 2.24) is 20.4 Å². The van der Waals surface area contributed by atoms with E-state index in [2.05, 4.69) is 41.8 Å². The predicted molar refractivity (Wildman–Crippen MR) is 157 cm³/mol. The van der Waals surface area contributed by atoms with E-state index >= 15 is 0 Å². The highest BCUT2D eigenvalue weighted by Crippen LogP contribution is 2.28. The molecule has 2 aromatic rings. The number of carbonyl (C=O) groups is 1. The first-order valence-corrected chi connectivity index (χ1v) is 15.8. The molecule has 1 amide bonds. The lowest BCUT2D eigenvalue weighted by atomic mass is 10.0. The molecular weight excluding hydrogens is 516 g/mol. The van der Waals surface area contributed by atoms with Gasteiger partial charge in [0, 0.05) is 49.3 Å². The Morgan fingerprint density at radius 2 is 1.95 bits per heavy atom. The molecule has 0 aliphatic carbocycles. The van der Waals surface area contributed by atoms with E-state index < -0.39 is 22.2 Å². The zero-order valence-corrected chi connectivity index (χ0v) is 24.6. The Hall–Kier alpha value is -2.63. The molecule has 3 rings (SSSR count). The van der Waals surface area contributed by atoms with Gasteiger partial charge in [-0.3, -0.25) is 13.8 Å². The highest BCUT2D eigenvalue weighted by atomic mass is 32.2. The van der Waals surface area contributed by atoms with Crippen molar-refractivity contribution in [3.05, 3.63) is 42.2 Å². The Balaban J connectivity index is 1.76. The maximum atomic E-state index is 13.5. The minimum Gasteiger partial charge on any atom is -0.390 e. The van der Waals surface area contributed by atoms with Crippen LogP contribution in [0.4, 0.5) is 11.4 Å². The highest BCUT2D eigenvalue weighted by Gasteiger charge is 2.28. The molecule has 10 nitrogen and oxygen atoms in total. The number of aliphatic hydroxyl groups is 1. The van der Waals surface area contributed by atoms with Crippen molar-refractivity contribution in [2.75, 3.05) is 35.0 Å². The first-order chi connectivity index (χ1) is 18.6. The van der Waals surface area contributed by atoms with Gasteiger partial charge in [0.05, 0.1) is 30.1 Å². The van der Waals surface area contributed by atoms with Crippen LogP contribution in [0.3, 0.4) is 0 Å². The standard InChI is InChI=1S/C28H46N6O4S/c1-5-29-24-16-23(17-25(18-24)34-14-6-7-15-39(34,37)38)28(36)32-26(20-33-13-9-12-31-33)27(35)19-30-22(4)11-8-10-21(2)3/h9,12-13,16-18,21-22,26-27,29-30,35H,5-8,10-11,14-15,19-20H2,1-4H3,(H,32,36)/t22?,26-,27+/m0/s1. The quantitative estimate of drug-likeness (QED) is 0.262. The smallest absolute Gasteiger partial charge is 0.251 e. The van der Waals surface area contributed by atoms with E-state index in [9.17, 15) is 18.3 Å². The number of rotatable bonds is 15. The van der Waals surface area contributed by atoms with Gasteiger partial charge < -0.3 is 21.1 Å². The van der Waals surface area contributed by atoms with Crippen molar-refractivity contribution in [2.45, 2.75) is 84.5 Å². The van der Waals surface area contributed by atoms with Gasteiger partial charge in [-0.15, -0.1) is 0 Å². The van der Waals surface area contributed by atoms with Gasteiger partial charge in [-0.1, -0.05) is 26.7 Å². The molecule has 1 unspecified atom stereocenters. The van der Waals surface area contributed by atoms with Crippen LogP contribution in [-0.2, 0) is 16.6 Å². The molecule has 218 valence electrons. The van der Waals surface area contributed by atoms with Crippen LogP contribution in [0.15, 0.2) is 36.7 Å². The first-order valence-electron chi connectivity index (χ1n) is 14.2. The summed E-state index contributed by atoms with van der Waals surface area (Å²) in [5, 5.41) is 25.0. The molecule has 1 aromatic heterocycles. The average molecular weight is 563 g/mol. The molecule has 0 bridgehead atoms. The van der Waals surface area contributed by atoms with Gasteiger partial charge in [-0.2, -0.15) is 5.10 Å². The highest BCUT2D eigenvalue weighted by molar-refractivity contribution is 7.92. The Morgan fingerprint density at radius 3 is 2.62 bits per heavy atom. The SMILES string of the molecule is CCNc1cc(C(=O)N[C@@H](Cn2cccn2)[C@H](O)CNC(C)CCCC(C)C)cc(N2CCCCS2(=O)=O)c1.